The smallest absolute Gasteiger partial charge is 0.244 e. The van der Waals surface area contributed by atoms with Gasteiger partial charge in [0.1, 0.15) is 0 Å². The van der Waals surface area contributed by atoms with Crippen molar-refractivity contribution in [3.63, 3.8) is 0 Å². The van der Waals surface area contributed by atoms with Gasteiger partial charge in [-0.2, -0.15) is 9.29 Å². The number of rotatable bonds is 7. The maximum absolute atomic E-state index is 13.4. The molecule has 0 spiro atoms. The highest BCUT2D eigenvalue weighted by Crippen LogP contribution is 2.35. The second-order valence-electron chi connectivity index (χ2n) is 8.24. The average molecular weight is 489 g/mol. The first kappa shape index (κ1) is 23.6. The fourth-order valence-electron chi connectivity index (χ4n) is 3.98. The predicted molar refractivity (Wildman–Crippen MR) is 126 cm³/mol. The molecule has 0 saturated carbocycles. The van der Waals surface area contributed by atoms with E-state index in [-0.39, 0.29) is 23.3 Å². The number of hydrogen-bond acceptors (Lipinski definition) is 7. The number of sulfonamides is 1. The molecule has 0 unspecified atom stereocenters. The molecule has 10 heteroatoms. The quantitative estimate of drug-likeness (QED) is 0.544. The van der Waals surface area contributed by atoms with Crippen LogP contribution in [0.4, 0.5) is 0 Å². The minimum atomic E-state index is -3.74. The molecule has 1 aromatic carbocycles. The van der Waals surface area contributed by atoms with Gasteiger partial charge in [-0.05, 0) is 43.9 Å². The van der Waals surface area contributed by atoms with E-state index in [0.29, 0.717) is 53.8 Å². The number of aromatic nitrogens is 2. The lowest BCUT2D eigenvalue weighted by Crippen LogP contribution is -2.45. The first-order chi connectivity index (χ1) is 15.8. The lowest BCUT2D eigenvalue weighted by atomic mass is 9.98. The lowest BCUT2D eigenvalue weighted by molar-refractivity contribution is -0.126. The molecule has 0 radical (unpaired) electrons. The molecule has 1 N–H and O–H groups in total. The number of thiophene rings is 1. The summed E-state index contributed by atoms with van der Waals surface area (Å²) in [6.45, 7) is 6.71. The third kappa shape index (κ3) is 5.02. The van der Waals surface area contributed by atoms with Crippen molar-refractivity contribution in [2.75, 3.05) is 13.1 Å². The van der Waals surface area contributed by atoms with Gasteiger partial charge in [0.05, 0.1) is 15.7 Å². The molecule has 4 rings (SSSR count). The molecule has 0 aliphatic carbocycles. The highest BCUT2D eigenvalue weighted by Gasteiger charge is 2.35. The van der Waals surface area contributed by atoms with E-state index in [9.17, 15) is 13.2 Å². The van der Waals surface area contributed by atoms with Gasteiger partial charge in [-0.15, -0.1) is 11.3 Å². The number of aryl methyl sites for hydroxylation is 3. The van der Waals surface area contributed by atoms with Gasteiger partial charge in [0.15, 0.2) is 0 Å². The fourth-order valence-corrected chi connectivity index (χ4v) is 6.99. The molecule has 1 saturated heterocycles. The molecule has 176 valence electrons. The van der Waals surface area contributed by atoms with Crippen molar-refractivity contribution >= 4 is 27.3 Å². The zero-order valence-electron chi connectivity index (χ0n) is 19.0. The monoisotopic (exact) mass is 488 g/mol. The molecule has 1 aliphatic rings. The van der Waals surface area contributed by atoms with E-state index in [1.54, 1.807) is 13.0 Å². The molecule has 33 heavy (non-hydrogen) atoms. The molecular weight excluding hydrogens is 460 g/mol. The second-order valence-corrected chi connectivity index (χ2v) is 11.4. The van der Waals surface area contributed by atoms with Crippen LogP contribution in [0.15, 0.2) is 39.8 Å². The van der Waals surface area contributed by atoms with E-state index < -0.39 is 10.0 Å². The van der Waals surface area contributed by atoms with Gasteiger partial charge in [-0.1, -0.05) is 36.3 Å². The Hall–Kier alpha value is -2.56. The van der Waals surface area contributed by atoms with Gasteiger partial charge >= 0.3 is 0 Å². The number of piperidine rings is 1. The van der Waals surface area contributed by atoms with E-state index >= 15 is 0 Å². The summed E-state index contributed by atoms with van der Waals surface area (Å²) in [4.78, 5) is 18.7. The van der Waals surface area contributed by atoms with Crippen molar-refractivity contribution in [1.29, 1.82) is 0 Å². The van der Waals surface area contributed by atoms with Gasteiger partial charge in [0, 0.05) is 30.9 Å². The summed E-state index contributed by atoms with van der Waals surface area (Å²) in [5.74, 6) is 0.421. The van der Waals surface area contributed by atoms with E-state index in [4.69, 9.17) is 4.52 Å². The molecule has 1 amide bonds. The van der Waals surface area contributed by atoms with Crippen LogP contribution in [0, 0.1) is 19.8 Å². The molecule has 3 aromatic rings. The Kier molecular flexibility index (Phi) is 6.96. The Morgan fingerprint density at radius 2 is 2.09 bits per heavy atom. The summed E-state index contributed by atoms with van der Waals surface area (Å²) in [6.07, 6.45) is 1.92. The third-order valence-electron chi connectivity index (χ3n) is 5.95. The normalized spacial score (nSPS) is 17.2. The standard InChI is InChI=1S/C23H28N4O4S2/c1-4-21-25-22(26-31-21)19-12-20(16(3)32-19)33(29,30)27-11-7-10-18(14-27)23(28)24-13-17-9-6-5-8-15(17)2/h5-6,8-9,12,18H,4,7,10-11,13-14H2,1-3H3,(H,24,28)/t18-/m1/s1. The van der Waals surface area contributed by atoms with Crippen molar-refractivity contribution in [2.45, 2.75) is 51.5 Å². The highest BCUT2D eigenvalue weighted by molar-refractivity contribution is 7.89. The van der Waals surface area contributed by atoms with Crippen LogP contribution in [-0.2, 0) is 27.8 Å². The first-order valence-corrected chi connectivity index (χ1v) is 13.3. The summed E-state index contributed by atoms with van der Waals surface area (Å²) in [5, 5.41) is 6.94. The van der Waals surface area contributed by atoms with Crippen LogP contribution in [0.5, 0.6) is 0 Å². The number of benzene rings is 1. The maximum Gasteiger partial charge on any atom is 0.244 e. The molecular formula is C23H28N4O4S2. The van der Waals surface area contributed by atoms with E-state index in [1.165, 1.54) is 15.6 Å². The zero-order valence-corrected chi connectivity index (χ0v) is 20.6. The summed E-state index contributed by atoms with van der Waals surface area (Å²) < 4.78 is 33.5. The van der Waals surface area contributed by atoms with Crippen LogP contribution in [0.2, 0.25) is 0 Å². The number of nitrogens with zero attached hydrogens (tertiary/aromatic N) is 3. The second kappa shape index (κ2) is 9.74. The van der Waals surface area contributed by atoms with Gasteiger partial charge in [0.25, 0.3) is 0 Å². The number of hydrogen-bond donors (Lipinski definition) is 1. The number of amides is 1. The molecule has 1 fully saturated rings. The van der Waals surface area contributed by atoms with Gasteiger partial charge in [-0.25, -0.2) is 8.42 Å². The van der Waals surface area contributed by atoms with Gasteiger partial charge < -0.3 is 9.84 Å². The predicted octanol–water partition coefficient (Wildman–Crippen LogP) is 3.69. The van der Waals surface area contributed by atoms with Crippen molar-refractivity contribution in [3.8, 4) is 10.7 Å². The Morgan fingerprint density at radius 3 is 2.82 bits per heavy atom. The summed E-state index contributed by atoms with van der Waals surface area (Å²) >= 11 is 1.33. The largest absolute Gasteiger partial charge is 0.352 e. The van der Waals surface area contributed by atoms with Crippen molar-refractivity contribution < 1.29 is 17.7 Å². The van der Waals surface area contributed by atoms with Crippen LogP contribution < -0.4 is 5.32 Å². The van der Waals surface area contributed by atoms with Crippen molar-refractivity contribution in [3.05, 3.63) is 52.2 Å². The Balaban J connectivity index is 1.47. The average Bonchev–Trinajstić information content (AvgIpc) is 3.45. The SMILES string of the molecule is CCc1nc(-c2cc(S(=O)(=O)N3CCC[C@@H](C(=O)NCc4ccccc4C)C3)c(C)s2)no1. The van der Waals surface area contributed by atoms with E-state index in [1.807, 2.05) is 38.1 Å². The van der Waals surface area contributed by atoms with Crippen LogP contribution in [-0.4, -0.2) is 41.9 Å². The third-order valence-corrected chi connectivity index (χ3v) is 9.12. The molecule has 1 aliphatic heterocycles. The Bertz CT molecular complexity index is 1250. The molecule has 1 atom stereocenters. The Labute approximate surface area is 198 Å². The number of carbonyl (C=O) groups excluding carboxylic acids is 1. The van der Waals surface area contributed by atoms with E-state index in [2.05, 4.69) is 15.5 Å². The fraction of sp³-hybridized carbons (Fsp3) is 0.435. The van der Waals surface area contributed by atoms with Crippen molar-refractivity contribution in [1.82, 2.24) is 19.8 Å². The topological polar surface area (TPSA) is 105 Å². The van der Waals surface area contributed by atoms with Crippen LogP contribution in [0.3, 0.4) is 0 Å². The molecule has 8 nitrogen and oxygen atoms in total. The van der Waals surface area contributed by atoms with Gasteiger partial charge in [-0.3, -0.25) is 4.79 Å². The summed E-state index contributed by atoms with van der Waals surface area (Å²) in [5.41, 5.74) is 2.17. The summed E-state index contributed by atoms with van der Waals surface area (Å²) in [7, 11) is -3.74. The molecule has 3 heterocycles. The van der Waals surface area contributed by atoms with Crippen molar-refractivity contribution in [2.24, 2.45) is 5.92 Å². The molecule has 2 aromatic heterocycles. The van der Waals surface area contributed by atoms with Crippen LogP contribution in [0.25, 0.3) is 10.7 Å². The summed E-state index contributed by atoms with van der Waals surface area (Å²) in [6, 6.07) is 9.51. The minimum Gasteiger partial charge on any atom is -0.352 e. The van der Waals surface area contributed by atoms with Gasteiger partial charge in [0.2, 0.25) is 27.6 Å². The highest BCUT2D eigenvalue weighted by atomic mass is 32.2. The maximum atomic E-state index is 13.4. The van der Waals surface area contributed by atoms with Crippen LogP contribution in [0.1, 0.15) is 41.7 Å². The van der Waals surface area contributed by atoms with Crippen LogP contribution >= 0.6 is 11.3 Å². The van der Waals surface area contributed by atoms with E-state index in [0.717, 1.165) is 11.1 Å². The first-order valence-electron chi connectivity index (χ1n) is 11.1. The molecule has 0 bridgehead atoms. The number of carbonyl (C=O) groups is 1. The minimum absolute atomic E-state index is 0.111. The Morgan fingerprint density at radius 1 is 1.30 bits per heavy atom. The zero-order chi connectivity index (χ0) is 23.6. The number of nitrogens with one attached hydrogen (secondary N) is 1. The lowest BCUT2D eigenvalue weighted by Gasteiger charge is -2.31.